The highest BCUT2D eigenvalue weighted by Crippen LogP contribution is 2.44. The van der Waals surface area contributed by atoms with Crippen LogP contribution in [0.5, 0.6) is 0 Å². The monoisotopic (exact) mass is 1750 g/mol. The zero-order valence-electron chi connectivity index (χ0n) is 71.2. The summed E-state index contributed by atoms with van der Waals surface area (Å²) in [6.07, 6.45) is 0. The van der Waals surface area contributed by atoms with Crippen LogP contribution < -0.4 is 0 Å². The van der Waals surface area contributed by atoms with Crippen LogP contribution in [0.3, 0.4) is 0 Å². The molecule has 13 nitrogen and oxygen atoms in total. The Hall–Kier alpha value is -17.3. The van der Waals surface area contributed by atoms with Crippen LogP contribution in [0.1, 0.15) is 0 Å². The van der Waals surface area contributed by atoms with Gasteiger partial charge in [0.1, 0.15) is 5.82 Å². The quantitative estimate of drug-likeness (QED) is 0.104. The summed E-state index contributed by atoms with van der Waals surface area (Å²) in [7, 11) is 0. The Balaban J connectivity index is 0.000000120. The normalized spacial score (nSPS) is 11.4. The Morgan fingerprint density at radius 2 is 0.391 bits per heavy atom. The molecule has 25 rings (SSSR count). The number of hydrogen-bond donors (Lipinski definition) is 0. The molecule has 0 radical (unpaired) electrons. The van der Waals surface area contributed by atoms with Crippen LogP contribution in [-0.2, 0) is 0 Å². The molecule has 16 heteroatoms. The lowest BCUT2D eigenvalue weighted by Gasteiger charge is -2.16. The second kappa shape index (κ2) is 34.7. The fourth-order valence-electron chi connectivity index (χ4n) is 18.1. The third-order valence-corrected chi connectivity index (χ3v) is 24.9. The summed E-state index contributed by atoms with van der Waals surface area (Å²) in [4.78, 5) is 43.5. The SMILES string of the molecule is Clc1cc(-c2nc(-c3ccccc3)nc(-c3ccccc3)n2)ccc1-n1c2ccccc2c2cc(-n3c4ccccc4c4ccccc43)ccc21.Fc1ccc(-c2nc(-c3ccccc3)nc(-c3ccccc3)n2)cc1Cl.c1ccc(-c2nc(-c3ccccc3)nc(-c3ccc(-n4c5ccccc5c5cc(-n6c7ccccc7c7ccccc76)ccc54)c(-c4ccccc4)c3)n2)cc1. The number of rotatable bonds is 14. The summed E-state index contributed by atoms with van der Waals surface area (Å²) < 4.78 is 22.9. The molecule has 0 saturated heterocycles. The van der Waals surface area contributed by atoms with Crippen LogP contribution in [0.25, 0.3) is 224 Å². The van der Waals surface area contributed by atoms with Gasteiger partial charge in [0.05, 0.1) is 65.6 Å². The summed E-state index contributed by atoms with van der Waals surface area (Å²) in [6, 6.07) is 153. The molecule has 7 aromatic heterocycles. The average molecular weight is 1750 g/mol. The third-order valence-electron chi connectivity index (χ3n) is 24.3. The molecule has 0 bridgehead atoms. The van der Waals surface area contributed by atoms with Crippen molar-refractivity contribution in [3.05, 3.63) is 465 Å². The Morgan fingerprint density at radius 3 is 0.692 bits per heavy atom. The van der Waals surface area contributed by atoms with Crippen molar-refractivity contribution in [2.75, 3.05) is 0 Å². The van der Waals surface area contributed by atoms with Crippen LogP contribution in [0.15, 0.2) is 449 Å². The molecule has 0 aliphatic rings. The van der Waals surface area contributed by atoms with Crippen molar-refractivity contribution in [2.24, 2.45) is 0 Å². The number of para-hydroxylation sites is 6. The highest BCUT2D eigenvalue weighted by Gasteiger charge is 2.25. The van der Waals surface area contributed by atoms with Crippen molar-refractivity contribution in [3.8, 4) is 136 Å². The van der Waals surface area contributed by atoms with Crippen molar-refractivity contribution in [1.82, 2.24) is 63.1 Å². The van der Waals surface area contributed by atoms with Gasteiger partial charge in [-0.15, -0.1) is 0 Å². The van der Waals surface area contributed by atoms with Gasteiger partial charge >= 0.3 is 0 Å². The first-order valence-corrected chi connectivity index (χ1v) is 44.6. The number of nitrogens with zero attached hydrogens (tertiary/aromatic N) is 13. The first-order valence-electron chi connectivity index (χ1n) is 43.8. The number of benzene rings is 18. The summed E-state index contributed by atoms with van der Waals surface area (Å²) in [5, 5.41) is 10.3. The third kappa shape index (κ3) is 15.2. The molecule has 0 fully saturated rings. The van der Waals surface area contributed by atoms with E-state index in [0.29, 0.717) is 63.0 Å². The van der Waals surface area contributed by atoms with Crippen LogP contribution >= 0.6 is 23.2 Å². The second-order valence-corrected chi connectivity index (χ2v) is 33.2. The van der Waals surface area contributed by atoms with E-state index in [4.69, 9.17) is 53.1 Å². The van der Waals surface area contributed by atoms with Crippen molar-refractivity contribution in [1.29, 1.82) is 0 Å². The lowest BCUT2D eigenvalue weighted by atomic mass is 10.00. The van der Waals surface area contributed by atoms with E-state index in [1.165, 1.54) is 66.5 Å². The molecule has 18 aromatic carbocycles. The van der Waals surface area contributed by atoms with Crippen molar-refractivity contribution >= 4 is 110 Å². The van der Waals surface area contributed by atoms with Gasteiger partial charge in [0.2, 0.25) is 0 Å². The van der Waals surface area contributed by atoms with E-state index in [1.807, 2.05) is 194 Å². The molecule has 7 heterocycles. The largest absolute Gasteiger partial charge is 0.309 e. The zero-order chi connectivity index (χ0) is 88.8. The van der Waals surface area contributed by atoms with E-state index < -0.39 is 5.82 Å². The topological polar surface area (TPSA) is 136 Å². The molecule has 0 atom stereocenters. The van der Waals surface area contributed by atoms with Gasteiger partial charge in [-0.3, -0.25) is 0 Å². The van der Waals surface area contributed by atoms with E-state index in [-0.39, 0.29) is 5.02 Å². The Bertz CT molecular complexity index is 8460. The lowest BCUT2D eigenvalue weighted by Crippen LogP contribution is -2.02. The maximum absolute atomic E-state index is 13.5. The Morgan fingerprint density at radius 1 is 0.165 bits per heavy atom. The highest BCUT2D eigenvalue weighted by molar-refractivity contribution is 6.33. The van der Waals surface area contributed by atoms with Gasteiger partial charge in [-0.2, -0.15) is 0 Å². The minimum atomic E-state index is -0.476. The average Bonchev–Trinajstić information content (AvgIpc) is 1.58. The van der Waals surface area contributed by atoms with Crippen LogP contribution in [0, 0.1) is 5.82 Å². The van der Waals surface area contributed by atoms with Crippen molar-refractivity contribution < 1.29 is 4.39 Å². The summed E-state index contributed by atoms with van der Waals surface area (Å²) >= 11 is 13.2. The standard InChI is InChI=1S/C51H33N5.C45H28ClN5.C21H13ClFN3/c1-4-16-34(17-5-1)42-32-37(51-53-49(35-18-6-2-7-19-35)52-50(54-51)36-20-8-3-9-21-36)28-30-47(42)56-46-27-15-12-24-41(46)43-33-38(29-31-48(43)56)55-44-25-13-10-22-39(44)40-23-11-14-26-45(40)55;46-37-27-31(45-48-43(29-13-3-1-4-14-29)47-44(49-45)30-15-5-2-6-16-30)23-25-42(37)51-40-22-12-9-19-35(40)36-28-32(24-26-41(36)51)50-38-20-10-7-17-33(38)34-18-8-11-21-39(34)50;22-17-13-16(11-12-18(17)23)21-25-19(14-7-3-1-4-8-14)24-20(26-21)15-9-5-2-6-10-15/h1-33H;1-28H;1-13H. The van der Waals surface area contributed by atoms with Crippen LogP contribution in [0.4, 0.5) is 4.39 Å². The van der Waals surface area contributed by atoms with Gasteiger partial charge in [0.15, 0.2) is 52.4 Å². The molecule has 628 valence electrons. The van der Waals surface area contributed by atoms with Crippen molar-refractivity contribution in [2.45, 2.75) is 0 Å². The number of fused-ring (bicyclic) bond motifs is 12. The van der Waals surface area contributed by atoms with E-state index in [0.717, 1.165) is 111 Å². The molecule has 133 heavy (non-hydrogen) atoms. The fraction of sp³-hybridized carbons (Fsp3) is 0. The van der Waals surface area contributed by atoms with Crippen LogP contribution in [0.2, 0.25) is 10.0 Å². The molecule has 0 aliphatic carbocycles. The number of hydrogen-bond acceptors (Lipinski definition) is 9. The molecule has 0 saturated carbocycles. The Labute approximate surface area is 773 Å². The second-order valence-electron chi connectivity index (χ2n) is 32.4. The lowest BCUT2D eigenvalue weighted by molar-refractivity contribution is 0.628. The maximum atomic E-state index is 13.5. The summed E-state index contributed by atoms with van der Waals surface area (Å²) in [6.45, 7) is 0. The smallest absolute Gasteiger partial charge is 0.164 e. The number of aromatic nitrogens is 13. The van der Waals surface area contributed by atoms with Crippen molar-refractivity contribution in [3.63, 3.8) is 0 Å². The molecule has 0 spiro atoms. The maximum Gasteiger partial charge on any atom is 0.164 e. The van der Waals surface area contributed by atoms with E-state index in [2.05, 4.69) is 270 Å². The molecule has 25 aromatic rings. The van der Waals surface area contributed by atoms with Gasteiger partial charge < -0.3 is 18.3 Å². The molecule has 0 unspecified atom stereocenters. The highest BCUT2D eigenvalue weighted by atomic mass is 35.5. The van der Waals surface area contributed by atoms with Gasteiger partial charge in [-0.1, -0.05) is 345 Å². The summed E-state index contributed by atoms with van der Waals surface area (Å²) in [5.41, 5.74) is 23.5. The van der Waals surface area contributed by atoms with E-state index in [9.17, 15) is 4.39 Å². The minimum Gasteiger partial charge on any atom is -0.309 e. The molecule has 0 aliphatic heterocycles. The first-order chi connectivity index (χ1) is 65.7. The molecule has 0 N–H and O–H groups in total. The zero-order valence-corrected chi connectivity index (χ0v) is 72.7. The van der Waals surface area contributed by atoms with Gasteiger partial charge in [-0.05, 0) is 133 Å². The molecular weight excluding hydrogens is 1680 g/mol. The van der Waals surface area contributed by atoms with Gasteiger partial charge in [0.25, 0.3) is 0 Å². The summed E-state index contributed by atoms with van der Waals surface area (Å²) in [5.74, 6) is 4.76. The predicted molar refractivity (Wildman–Crippen MR) is 541 cm³/mol. The van der Waals surface area contributed by atoms with Crippen LogP contribution in [-0.4, -0.2) is 63.1 Å². The minimum absolute atomic E-state index is 0.0328. The van der Waals surface area contributed by atoms with Gasteiger partial charge in [-0.25, -0.2) is 49.2 Å². The van der Waals surface area contributed by atoms with Gasteiger partial charge in [0, 0.05) is 110 Å². The number of halogens is 3. The Kier molecular flexibility index (Phi) is 20.9. The first kappa shape index (κ1) is 80.3. The van der Waals surface area contributed by atoms with E-state index in [1.54, 1.807) is 6.07 Å². The predicted octanol–water partition coefficient (Wildman–Crippen LogP) is 30.1. The van der Waals surface area contributed by atoms with E-state index >= 15 is 0 Å². The molecule has 0 amide bonds. The fourth-order valence-corrected chi connectivity index (χ4v) is 18.6. The molecular formula is C117H74Cl2FN13.